The molecule has 0 bridgehead atoms. The Bertz CT molecular complexity index is 772. The lowest BCUT2D eigenvalue weighted by molar-refractivity contribution is -0.138. The van der Waals surface area contributed by atoms with Gasteiger partial charge in [0.05, 0.1) is 13.7 Å². The summed E-state index contributed by atoms with van der Waals surface area (Å²) in [6.45, 7) is 2.33. The summed E-state index contributed by atoms with van der Waals surface area (Å²) in [4.78, 5) is 12.0. The van der Waals surface area contributed by atoms with Gasteiger partial charge in [-0.05, 0) is 29.3 Å². The summed E-state index contributed by atoms with van der Waals surface area (Å²) in [5.74, 6) is 0.00810. The lowest BCUT2D eigenvalue weighted by Crippen LogP contribution is -2.08. The molecule has 0 aliphatic carbocycles. The van der Waals surface area contributed by atoms with E-state index in [1.807, 2.05) is 49.4 Å². The Morgan fingerprint density at radius 3 is 2.74 bits per heavy atom. The van der Waals surface area contributed by atoms with Crippen LogP contribution in [0.2, 0.25) is 0 Å². The van der Waals surface area contributed by atoms with Crippen LogP contribution in [0, 0.1) is 11.3 Å². The normalized spacial score (nSPS) is 11.1. The SMILES string of the molecule is CCCCOC(=O)/C(C#N)=C/c1c(OC)ccc2ccccc12. The number of carbonyl (C=O) groups excluding carboxylic acids is 1. The molecule has 0 saturated carbocycles. The summed E-state index contributed by atoms with van der Waals surface area (Å²) < 4.78 is 10.5. The van der Waals surface area contributed by atoms with Gasteiger partial charge in [0.15, 0.2) is 0 Å². The van der Waals surface area contributed by atoms with Gasteiger partial charge < -0.3 is 9.47 Å². The Kier molecular flexibility index (Phi) is 5.76. The van der Waals surface area contributed by atoms with E-state index >= 15 is 0 Å². The van der Waals surface area contributed by atoms with Crippen molar-refractivity contribution in [3.05, 3.63) is 47.5 Å². The van der Waals surface area contributed by atoms with Crippen molar-refractivity contribution in [1.29, 1.82) is 5.26 Å². The number of hydrogen-bond donors (Lipinski definition) is 0. The Morgan fingerprint density at radius 2 is 2.04 bits per heavy atom. The van der Waals surface area contributed by atoms with Gasteiger partial charge in [-0.3, -0.25) is 0 Å². The molecule has 0 fully saturated rings. The molecule has 0 unspecified atom stereocenters. The van der Waals surface area contributed by atoms with Crippen molar-refractivity contribution >= 4 is 22.8 Å². The van der Waals surface area contributed by atoms with Crippen molar-refractivity contribution in [1.82, 2.24) is 0 Å². The Morgan fingerprint density at radius 1 is 1.26 bits per heavy atom. The summed E-state index contributed by atoms with van der Waals surface area (Å²) in [6, 6.07) is 13.4. The van der Waals surface area contributed by atoms with Crippen molar-refractivity contribution in [2.24, 2.45) is 0 Å². The highest BCUT2D eigenvalue weighted by molar-refractivity contribution is 6.02. The zero-order valence-corrected chi connectivity index (χ0v) is 13.3. The third kappa shape index (κ3) is 3.89. The van der Waals surface area contributed by atoms with Crippen molar-refractivity contribution in [3.63, 3.8) is 0 Å². The van der Waals surface area contributed by atoms with Gasteiger partial charge in [-0.25, -0.2) is 4.79 Å². The quantitative estimate of drug-likeness (QED) is 0.349. The number of unbranched alkanes of at least 4 members (excludes halogenated alkanes) is 1. The van der Waals surface area contributed by atoms with Crippen LogP contribution in [0.5, 0.6) is 5.75 Å². The monoisotopic (exact) mass is 309 g/mol. The largest absolute Gasteiger partial charge is 0.496 e. The molecule has 0 atom stereocenters. The maximum absolute atomic E-state index is 12.0. The van der Waals surface area contributed by atoms with Gasteiger partial charge in [0, 0.05) is 5.56 Å². The first-order chi connectivity index (χ1) is 11.2. The molecule has 0 saturated heterocycles. The van der Waals surface area contributed by atoms with E-state index < -0.39 is 5.97 Å². The number of esters is 1. The van der Waals surface area contributed by atoms with Gasteiger partial charge in [0.1, 0.15) is 17.4 Å². The van der Waals surface area contributed by atoms with E-state index in [0.717, 1.165) is 23.6 Å². The zero-order valence-electron chi connectivity index (χ0n) is 13.3. The molecule has 0 heterocycles. The van der Waals surface area contributed by atoms with Crippen LogP contribution in [0.1, 0.15) is 25.3 Å². The third-order valence-corrected chi connectivity index (χ3v) is 3.51. The smallest absolute Gasteiger partial charge is 0.348 e. The minimum absolute atomic E-state index is 0.0317. The molecule has 23 heavy (non-hydrogen) atoms. The lowest BCUT2D eigenvalue weighted by Gasteiger charge is -2.09. The van der Waals surface area contributed by atoms with Gasteiger partial charge >= 0.3 is 5.97 Å². The Hall–Kier alpha value is -2.80. The van der Waals surface area contributed by atoms with Crippen LogP contribution in [0.3, 0.4) is 0 Å². The van der Waals surface area contributed by atoms with Crippen molar-refractivity contribution < 1.29 is 14.3 Å². The van der Waals surface area contributed by atoms with Gasteiger partial charge in [0.25, 0.3) is 0 Å². The molecule has 2 aromatic carbocycles. The first kappa shape index (κ1) is 16.6. The minimum Gasteiger partial charge on any atom is -0.496 e. The second-order valence-electron chi connectivity index (χ2n) is 5.06. The zero-order chi connectivity index (χ0) is 16.7. The molecule has 0 spiro atoms. The highest BCUT2D eigenvalue weighted by atomic mass is 16.5. The molecular formula is C19H19NO3. The molecule has 4 heteroatoms. The molecule has 4 nitrogen and oxygen atoms in total. The number of carbonyl (C=O) groups is 1. The van der Waals surface area contributed by atoms with Crippen molar-refractivity contribution in [2.45, 2.75) is 19.8 Å². The number of hydrogen-bond acceptors (Lipinski definition) is 4. The molecule has 2 aromatic rings. The molecule has 0 radical (unpaired) electrons. The van der Waals surface area contributed by atoms with Crippen molar-refractivity contribution in [3.8, 4) is 11.8 Å². The number of methoxy groups -OCH3 is 1. The van der Waals surface area contributed by atoms with E-state index in [1.54, 1.807) is 7.11 Å². The maximum Gasteiger partial charge on any atom is 0.348 e. The highest BCUT2D eigenvalue weighted by Gasteiger charge is 2.14. The first-order valence-corrected chi connectivity index (χ1v) is 7.56. The molecular weight excluding hydrogens is 290 g/mol. The van der Waals surface area contributed by atoms with E-state index in [-0.39, 0.29) is 5.57 Å². The van der Waals surface area contributed by atoms with E-state index in [4.69, 9.17) is 9.47 Å². The minimum atomic E-state index is -0.601. The number of rotatable bonds is 6. The van der Waals surface area contributed by atoms with E-state index in [1.165, 1.54) is 6.08 Å². The molecule has 0 amide bonds. The van der Waals surface area contributed by atoms with Crippen LogP contribution in [0.25, 0.3) is 16.8 Å². The molecule has 2 rings (SSSR count). The number of fused-ring (bicyclic) bond motifs is 1. The van der Waals surface area contributed by atoms with E-state index in [9.17, 15) is 10.1 Å². The standard InChI is InChI=1S/C19H19NO3/c1-3-4-11-23-19(21)15(13-20)12-17-16-8-6-5-7-14(16)9-10-18(17)22-2/h5-10,12H,3-4,11H2,1-2H3/b15-12+. The van der Waals surface area contributed by atoms with Gasteiger partial charge in [0.2, 0.25) is 0 Å². The average Bonchev–Trinajstić information content (AvgIpc) is 2.59. The average molecular weight is 309 g/mol. The van der Waals surface area contributed by atoms with Gasteiger partial charge in [-0.2, -0.15) is 5.26 Å². The fourth-order valence-corrected chi connectivity index (χ4v) is 2.27. The van der Waals surface area contributed by atoms with Crippen LogP contribution in [-0.2, 0) is 9.53 Å². The molecule has 118 valence electrons. The van der Waals surface area contributed by atoms with E-state index in [0.29, 0.717) is 17.9 Å². The summed E-state index contributed by atoms with van der Waals surface area (Å²) in [5, 5.41) is 11.2. The molecule has 0 N–H and O–H groups in total. The van der Waals surface area contributed by atoms with Gasteiger partial charge in [-0.15, -0.1) is 0 Å². The first-order valence-electron chi connectivity index (χ1n) is 7.56. The molecule has 0 aliphatic heterocycles. The van der Waals surface area contributed by atoms with Crippen molar-refractivity contribution in [2.75, 3.05) is 13.7 Å². The third-order valence-electron chi connectivity index (χ3n) is 3.51. The highest BCUT2D eigenvalue weighted by Crippen LogP contribution is 2.30. The summed E-state index contributed by atoms with van der Waals surface area (Å²) in [6.07, 6.45) is 3.24. The fourth-order valence-electron chi connectivity index (χ4n) is 2.27. The van der Waals surface area contributed by atoms with Crippen LogP contribution in [0.15, 0.2) is 42.0 Å². The number of benzene rings is 2. The van der Waals surface area contributed by atoms with Crippen LogP contribution < -0.4 is 4.74 Å². The Labute approximate surface area is 135 Å². The topological polar surface area (TPSA) is 59.3 Å². The second kappa shape index (κ2) is 8.00. The molecule has 0 aromatic heterocycles. The summed E-state index contributed by atoms with van der Waals surface area (Å²) in [7, 11) is 1.56. The fraction of sp³-hybridized carbons (Fsp3) is 0.263. The van der Waals surface area contributed by atoms with Crippen LogP contribution in [-0.4, -0.2) is 19.7 Å². The second-order valence-corrected chi connectivity index (χ2v) is 5.06. The Balaban J connectivity index is 2.45. The van der Waals surface area contributed by atoms with Crippen LogP contribution >= 0.6 is 0 Å². The summed E-state index contributed by atoms with van der Waals surface area (Å²) in [5.41, 5.74) is 0.672. The predicted molar refractivity (Wildman–Crippen MR) is 90.0 cm³/mol. The number of nitriles is 1. The van der Waals surface area contributed by atoms with E-state index in [2.05, 4.69) is 0 Å². The lowest BCUT2D eigenvalue weighted by atomic mass is 10.0. The number of nitrogens with zero attached hydrogens (tertiary/aromatic N) is 1. The van der Waals surface area contributed by atoms with Gasteiger partial charge in [-0.1, -0.05) is 43.7 Å². The van der Waals surface area contributed by atoms with Crippen LogP contribution in [0.4, 0.5) is 0 Å². The molecule has 0 aliphatic rings. The summed E-state index contributed by atoms with van der Waals surface area (Å²) >= 11 is 0. The maximum atomic E-state index is 12.0. The predicted octanol–water partition coefficient (Wildman–Crippen LogP) is 4.10. The number of ether oxygens (including phenoxy) is 2.